The molecule has 4 rings (SSSR count). The van der Waals surface area contributed by atoms with Gasteiger partial charge in [-0.3, -0.25) is 9.58 Å². The van der Waals surface area contributed by atoms with E-state index in [1.807, 2.05) is 11.6 Å². The van der Waals surface area contributed by atoms with E-state index in [2.05, 4.69) is 25.5 Å². The standard InChI is InChI=1S/C17H26N6O4S2/c24-16-12(7-14(17(16)25)19-8-15-18-1-4-28-15)9-23-11-13(20-21-23)10-22-2-5-29(26,27)6-3-22/h1,4,11-12,14,16-17,19,24-25H,2-3,5-10H2. The Bertz CT molecular complexity index is 889. The minimum absolute atomic E-state index is 0.131. The fourth-order valence-electron chi connectivity index (χ4n) is 3.95. The Labute approximate surface area is 173 Å². The number of sulfone groups is 1. The largest absolute Gasteiger partial charge is 0.390 e. The fourth-order valence-corrected chi connectivity index (χ4v) is 5.79. The van der Waals surface area contributed by atoms with E-state index in [1.165, 1.54) is 0 Å². The molecule has 0 aromatic carbocycles. The number of thiazole rings is 1. The summed E-state index contributed by atoms with van der Waals surface area (Å²) in [5.74, 6) is 0.235. The van der Waals surface area contributed by atoms with Gasteiger partial charge in [0.25, 0.3) is 0 Å². The minimum atomic E-state index is -2.90. The first-order chi connectivity index (χ1) is 13.9. The van der Waals surface area contributed by atoms with Crippen molar-refractivity contribution in [3.63, 3.8) is 0 Å². The molecule has 3 heterocycles. The van der Waals surface area contributed by atoms with Crippen LogP contribution < -0.4 is 5.32 Å². The van der Waals surface area contributed by atoms with Gasteiger partial charge in [-0.25, -0.2) is 13.4 Å². The lowest BCUT2D eigenvalue weighted by atomic mass is 10.1. The second-order valence-electron chi connectivity index (χ2n) is 7.75. The molecule has 0 bridgehead atoms. The van der Waals surface area contributed by atoms with Crippen molar-refractivity contribution in [1.82, 2.24) is 30.2 Å². The van der Waals surface area contributed by atoms with Crippen LogP contribution in [0.2, 0.25) is 0 Å². The highest BCUT2D eigenvalue weighted by molar-refractivity contribution is 7.91. The molecular formula is C17H26N6O4S2. The first-order valence-corrected chi connectivity index (χ1v) is 12.4. The van der Waals surface area contributed by atoms with Crippen LogP contribution in [0.3, 0.4) is 0 Å². The molecule has 4 unspecified atom stereocenters. The van der Waals surface area contributed by atoms with E-state index in [0.717, 1.165) is 10.7 Å². The number of rotatable bonds is 7. The highest BCUT2D eigenvalue weighted by Gasteiger charge is 2.41. The quantitative estimate of drug-likeness (QED) is 0.487. The lowest BCUT2D eigenvalue weighted by Gasteiger charge is -2.25. The molecule has 160 valence electrons. The zero-order valence-corrected chi connectivity index (χ0v) is 17.6. The molecule has 29 heavy (non-hydrogen) atoms. The molecule has 0 radical (unpaired) electrons. The number of nitrogens with one attached hydrogen (secondary N) is 1. The third-order valence-electron chi connectivity index (χ3n) is 5.63. The smallest absolute Gasteiger partial charge is 0.152 e. The predicted molar refractivity (Wildman–Crippen MR) is 107 cm³/mol. The van der Waals surface area contributed by atoms with Gasteiger partial charge in [-0.2, -0.15) is 0 Å². The molecule has 2 fully saturated rings. The van der Waals surface area contributed by atoms with Crippen LogP contribution in [0.4, 0.5) is 0 Å². The Morgan fingerprint density at radius 1 is 1.24 bits per heavy atom. The summed E-state index contributed by atoms with van der Waals surface area (Å²) in [4.78, 5) is 6.28. The van der Waals surface area contributed by atoms with Gasteiger partial charge >= 0.3 is 0 Å². The van der Waals surface area contributed by atoms with E-state index in [-0.39, 0.29) is 23.5 Å². The Hall–Kier alpha value is -1.44. The summed E-state index contributed by atoms with van der Waals surface area (Å²) in [5, 5.41) is 35.3. The summed E-state index contributed by atoms with van der Waals surface area (Å²) in [6, 6.07) is -0.197. The number of nitrogens with zero attached hydrogens (tertiary/aromatic N) is 5. The van der Waals surface area contributed by atoms with Crippen molar-refractivity contribution in [3.05, 3.63) is 28.5 Å². The second kappa shape index (κ2) is 8.74. The van der Waals surface area contributed by atoms with Gasteiger partial charge < -0.3 is 15.5 Å². The molecule has 4 atom stereocenters. The number of aliphatic hydroxyl groups is 2. The van der Waals surface area contributed by atoms with E-state index in [0.29, 0.717) is 39.1 Å². The van der Waals surface area contributed by atoms with Crippen LogP contribution in [0.1, 0.15) is 17.1 Å². The maximum atomic E-state index is 11.5. The molecular weight excluding hydrogens is 416 g/mol. The van der Waals surface area contributed by atoms with E-state index in [1.54, 1.807) is 22.2 Å². The summed E-state index contributed by atoms with van der Waals surface area (Å²) in [7, 11) is -2.90. The summed E-state index contributed by atoms with van der Waals surface area (Å²) >= 11 is 1.55. The van der Waals surface area contributed by atoms with Gasteiger partial charge in [-0.05, 0) is 6.42 Å². The predicted octanol–water partition coefficient (Wildman–Crippen LogP) is -1.13. The maximum Gasteiger partial charge on any atom is 0.152 e. The fraction of sp³-hybridized carbons (Fsp3) is 0.706. The van der Waals surface area contributed by atoms with Crippen molar-refractivity contribution in [3.8, 4) is 0 Å². The third-order valence-corrected chi connectivity index (χ3v) is 8.02. The van der Waals surface area contributed by atoms with Gasteiger partial charge in [0.05, 0.1) is 29.4 Å². The van der Waals surface area contributed by atoms with Gasteiger partial charge in [0.2, 0.25) is 0 Å². The lowest BCUT2D eigenvalue weighted by Crippen LogP contribution is -2.39. The van der Waals surface area contributed by atoms with Crippen LogP contribution in [0.5, 0.6) is 0 Å². The third kappa shape index (κ3) is 5.19. The zero-order valence-electron chi connectivity index (χ0n) is 16.0. The monoisotopic (exact) mass is 442 g/mol. The molecule has 3 N–H and O–H groups in total. The molecule has 12 heteroatoms. The SMILES string of the molecule is O=S1(=O)CCN(Cc2cn(CC3CC(NCc4nccs4)C(O)C3O)nn2)CC1. The first-order valence-electron chi connectivity index (χ1n) is 9.69. The second-order valence-corrected chi connectivity index (χ2v) is 11.0. The molecule has 0 spiro atoms. The molecule has 0 amide bonds. The van der Waals surface area contributed by atoms with E-state index in [9.17, 15) is 18.6 Å². The average molecular weight is 443 g/mol. The minimum Gasteiger partial charge on any atom is -0.390 e. The van der Waals surface area contributed by atoms with Crippen LogP contribution in [-0.4, -0.2) is 86.4 Å². The average Bonchev–Trinajstić information content (AvgIpc) is 3.41. The number of aromatic nitrogens is 4. The van der Waals surface area contributed by atoms with Crippen LogP contribution in [0.15, 0.2) is 17.8 Å². The molecule has 2 aliphatic rings. The molecule has 1 aliphatic heterocycles. The Balaban J connectivity index is 1.29. The van der Waals surface area contributed by atoms with Gasteiger partial charge in [-0.1, -0.05) is 5.21 Å². The van der Waals surface area contributed by atoms with E-state index >= 15 is 0 Å². The van der Waals surface area contributed by atoms with Crippen molar-refractivity contribution >= 4 is 21.2 Å². The van der Waals surface area contributed by atoms with Crippen molar-refractivity contribution in [2.24, 2.45) is 5.92 Å². The van der Waals surface area contributed by atoms with E-state index in [4.69, 9.17) is 0 Å². The number of aliphatic hydroxyl groups excluding tert-OH is 2. The van der Waals surface area contributed by atoms with Crippen molar-refractivity contribution in [1.29, 1.82) is 0 Å². The van der Waals surface area contributed by atoms with Crippen LogP contribution in [0, 0.1) is 5.92 Å². The lowest BCUT2D eigenvalue weighted by molar-refractivity contribution is 0.00722. The summed E-state index contributed by atoms with van der Waals surface area (Å²) in [5.41, 5.74) is 0.774. The summed E-state index contributed by atoms with van der Waals surface area (Å²) < 4.78 is 24.8. The Kier molecular flexibility index (Phi) is 6.27. The maximum absolute atomic E-state index is 11.5. The molecule has 2 aromatic heterocycles. The molecule has 2 aromatic rings. The topological polar surface area (TPSA) is 133 Å². The van der Waals surface area contributed by atoms with Crippen LogP contribution in [-0.2, 0) is 29.5 Å². The Morgan fingerprint density at radius 2 is 2.03 bits per heavy atom. The summed E-state index contributed by atoms with van der Waals surface area (Å²) in [6.07, 6.45) is 2.54. The van der Waals surface area contributed by atoms with Gasteiger partial charge in [-0.15, -0.1) is 16.4 Å². The van der Waals surface area contributed by atoms with Gasteiger partial charge in [0.1, 0.15) is 5.01 Å². The summed E-state index contributed by atoms with van der Waals surface area (Å²) in [6.45, 7) is 2.61. The molecule has 10 nitrogen and oxygen atoms in total. The van der Waals surface area contributed by atoms with Crippen molar-refractivity contribution in [2.45, 2.75) is 44.3 Å². The highest BCUT2D eigenvalue weighted by atomic mass is 32.2. The molecule has 1 aliphatic carbocycles. The van der Waals surface area contributed by atoms with Crippen LogP contribution in [0.25, 0.3) is 0 Å². The number of hydrogen-bond donors (Lipinski definition) is 3. The van der Waals surface area contributed by atoms with Crippen molar-refractivity contribution in [2.75, 3.05) is 24.6 Å². The van der Waals surface area contributed by atoms with Crippen molar-refractivity contribution < 1.29 is 18.6 Å². The van der Waals surface area contributed by atoms with Gasteiger partial charge in [0, 0.05) is 62.5 Å². The molecule has 1 saturated carbocycles. The highest BCUT2D eigenvalue weighted by Crippen LogP contribution is 2.28. The number of hydrogen-bond acceptors (Lipinski definition) is 10. The zero-order chi connectivity index (χ0) is 20.4. The van der Waals surface area contributed by atoms with Gasteiger partial charge in [0.15, 0.2) is 9.84 Å². The first kappa shape index (κ1) is 20.8. The molecule has 1 saturated heterocycles. The van der Waals surface area contributed by atoms with Crippen LogP contribution >= 0.6 is 11.3 Å². The normalized spacial score (nSPS) is 30.0. The Morgan fingerprint density at radius 3 is 2.76 bits per heavy atom. The van der Waals surface area contributed by atoms with E-state index < -0.39 is 22.0 Å².